The number of hydrazine groups is 1. The molecule has 0 aromatic heterocycles. The van der Waals surface area contributed by atoms with Gasteiger partial charge in [-0.3, -0.25) is 10.2 Å². The standard InChI is InChI=1S/C13H20N4O/c1-3-15-11-5-4-9(7-10(11)14)13-8(2)6-12(18)16-17-13/h4-5,7-8,13,15,17H,3,6,14H2,1-2H3,(H,16,18). The number of benzene rings is 1. The highest BCUT2D eigenvalue weighted by molar-refractivity contribution is 5.76. The van der Waals surface area contributed by atoms with Crippen LogP contribution in [0.4, 0.5) is 11.4 Å². The minimum Gasteiger partial charge on any atom is -0.397 e. The van der Waals surface area contributed by atoms with Crippen molar-refractivity contribution in [2.75, 3.05) is 17.6 Å². The van der Waals surface area contributed by atoms with Gasteiger partial charge in [0.25, 0.3) is 0 Å². The molecule has 5 N–H and O–H groups in total. The molecule has 0 radical (unpaired) electrons. The summed E-state index contributed by atoms with van der Waals surface area (Å²) in [5, 5.41) is 3.21. The van der Waals surface area contributed by atoms with Crippen molar-refractivity contribution in [3.05, 3.63) is 23.8 Å². The van der Waals surface area contributed by atoms with Crippen molar-refractivity contribution >= 4 is 17.3 Å². The number of nitrogens with two attached hydrogens (primary N) is 1. The molecule has 98 valence electrons. The molecule has 18 heavy (non-hydrogen) atoms. The lowest BCUT2D eigenvalue weighted by Gasteiger charge is -2.30. The zero-order valence-corrected chi connectivity index (χ0v) is 10.8. The van der Waals surface area contributed by atoms with Crippen LogP contribution in [0.2, 0.25) is 0 Å². The number of hydrogen-bond donors (Lipinski definition) is 4. The molecule has 5 heteroatoms. The maximum Gasteiger partial charge on any atom is 0.234 e. The highest BCUT2D eigenvalue weighted by Gasteiger charge is 2.26. The summed E-state index contributed by atoms with van der Waals surface area (Å²) in [5.74, 6) is 0.291. The van der Waals surface area contributed by atoms with E-state index in [0.717, 1.165) is 23.5 Å². The van der Waals surface area contributed by atoms with Crippen LogP contribution in [0.15, 0.2) is 18.2 Å². The van der Waals surface area contributed by atoms with Gasteiger partial charge in [0.2, 0.25) is 5.91 Å². The van der Waals surface area contributed by atoms with Crippen LogP contribution in [-0.2, 0) is 4.79 Å². The van der Waals surface area contributed by atoms with Crippen LogP contribution in [0.1, 0.15) is 31.9 Å². The molecule has 1 fully saturated rings. The van der Waals surface area contributed by atoms with Crippen molar-refractivity contribution in [1.29, 1.82) is 0 Å². The number of carbonyl (C=O) groups excluding carboxylic acids is 1. The first-order chi connectivity index (χ1) is 8.61. The predicted octanol–water partition coefficient (Wildman–Crippen LogP) is 1.40. The fourth-order valence-corrected chi connectivity index (χ4v) is 2.30. The number of amides is 1. The van der Waals surface area contributed by atoms with Crippen molar-refractivity contribution < 1.29 is 4.79 Å². The Morgan fingerprint density at radius 1 is 1.50 bits per heavy atom. The summed E-state index contributed by atoms with van der Waals surface area (Å²) >= 11 is 0. The molecular weight excluding hydrogens is 228 g/mol. The molecule has 1 amide bonds. The highest BCUT2D eigenvalue weighted by Crippen LogP contribution is 2.30. The molecule has 5 nitrogen and oxygen atoms in total. The smallest absolute Gasteiger partial charge is 0.234 e. The van der Waals surface area contributed by atoms with Gasteiger partial charge in [-0.25, -0.2) is 5.43 Å². The molecule has 1 heterocycles. The lowest BCUT2D eigenvalue weighted by atomic mass is 9.90. The molecular formula is C13H20N4O. The van der Waals surface area contributed by atoms with Crippen molar-refractivity contribution in [2.24, 2.45) is 5.92 Å². The van der Waals surface area contributed by atoms with Gasteiger partial charge >= 0.3 is 0 Å². The van der Waals surface area contributed by atoms with E-state index in [1.165, 1.54) is 0 Å². The number of anilines is 2. The average Bonchev–Trinajstić information content (AvgIpc) is 2.32. The van der Waals surface area contributed by atoms with Crippen molar-refractivity contribution in [3.8, 4) is 0 Å². The Morgan fingerprint density at radius 3 is 2.89 bits per heavy atom. The van der Waals surface area contributed by atoms with Crippen LogP contribution in [-0.4, -0.2) is 12.5 Å². The summed E-state index contributed by atoms with van der Waals surface area (Å²) in [7, 11) is 0. The Morgan fingerprint density at radius 2 is 2.28 bits per heavy atom. The predicted molar refractivity (Wildman–Crippen MR) is 72.8 cm³/mol. The number of nitrogens with one attached hydrogen (secondary N) is 3. The Labute approximate surface area is 107 Å². The van der Waals surface area contributed by atoms with Gasteiger partial charge < -0.3 is 11.1 Å². The summed E-state index contributed by atoms with van der Waals surface area (Å²) in [6.45, 7) is 4.94. The SMILES string of the molecule is CCNc1ccc(C2NNC(=O)CC2C)cc1N. The number of rotatable bonds is 3. The minimum atomic E-state index is 0.0380. The normalized spacial score (nSPS) is 23.6. The van der Waals surface area contributed by atoms with Crippen LogP contribution in [0, 0.1) is 5.92 Å². The van der Waals surface area contributed by atoms with Gasteiger partial charge in [-0.2, -0.15) is 0 Å². The summed E-state index contributed by atoms with van der Waals surface area (Å²) in [5.41, 5.74) is 14.5. The van der Waals surface area contributed by atoms with Gasteiger partial charge in [-0.1, -0.05) is 13.0 Å². The first-order valence-corrected chi connectivity index (χ1v) is 6.29. The van der Waals surface area contributed by atoms with Crippen molar-refractivity contribution in [3.63, 3.8) is 0 Å². The van der Waals surface area contributed by atoms with Gasteiger partial charge in [-0.15, -0.1) is 0 Å². The van der Waals surface area contributed by atoms with Gasteiger partial charge in [0.15, 0.2) is 0 Å². The second-order valence-electron chi connectivity index (χ2n) is 4.73. The Balaban J connectivity index is 2.18. The lowest BCUT2D eigenvalue weighted by molar-refractivity contribution is -0.125. The first kappa shape index (κ1) is 12.7. The summed E-state index contributed by atoms with van der Waals surface area (Å²) in [4.78, 5) is 11.2. The molecule has 1 saturated heterocycles. The maximum absolute atomic E-state index is 11.2. The van der Waals surface area contributed by atoms with Crippen molar-refractivity contribution in [1.82, 2.24) is 10.9 Å². The first-order valence-electron chi connectivity index (χ1n) is 6.29. The van der Waals surface area contributed by atoms with Crippen LogP contribution in [0.25, 0.3) is 0 Å². The summed E-state index contributed by atoms with van der Waals surface area (Å²) in [6, 6.07) is 6.10. The third-order valence-electron chi connectivity index (χ3n) is 3.25. The Kier molecular flexibility index (Phi) is 3.72. The number of carbonyl (C=O) groups is 1. The number of nitrogen functional groups attached to an aromatic ring is 1. The van der Waals surface area contributed by atoms with E-state index >= 15 is 0 Å². The van der Waals surface area contributed by atoms with Crippen LogP contribution in [0.5, 0.6) is 0 Å². The molecule has 0 saturated carbocycles. The van der Waals surface area contributed by atoms with Gasteiger partial charge in [0.05, 0.1) is 17.4 Å². The van der Waals surface area contributed by atoms with E-state index in [1.54, 1.807) is 0 Å². The molecule has 2 unspecified atom stereocenters. The zero-order chi connectivity index (χ0) is 13.1. The molecule has 1 aromatic rings. The third kappa shape index (κ3) is 2.56. The monoisotopic (exact) mass is 248 g/mol. The van der Waals surface area contributed by atoms with E-state index in [9.17, 15) is 4.79 Å². The van der Waals surface area contributed by atoms with E-state index in [-0.39, 0.29) is 17.9 Å². The van der Waals surface area contributed by atoms with Crippen LogP contribution in [0.3, 0.4) is 0 Å². The Hall–Kier alpha value is -1.75. The molecule has 1 aromatic carbocycles. The van der Waals surface area contributed by atoms with Gasteiger partial charge in [0, 0.05) is 13.0 Å². The fraction of sp³-hybridized carbons (Fsp3) is 0.462. The van der Waals surface area contributed by atoms with Gasteiger partial charge in [0.1, 0.15) is 0 Å². The quantitative estimate of drug-likeness (QED) is 0.610. The second kappa shape index (κ2) is 5.27. The van der Waals surface area contributed by atoms with E-state index in [1.807, 2.05) is 25.1 Å². The van der Waals surface area contributed by atoms with E-state index in [0.29, 0.717) is 6.42 Å². The fourth-order valence-electron chi connectivity index (χ4n) is 2.30. The largest absolute Gasteiger partial charge is 0.397 e. The molecule has 1 aliphatic rings. The van der Waals surface area contributed by atoms with E-state index in [2.05, 4.69) is 23.1 Å². The molecule has 2 rings (SSSR count). The zero-order valence-electron chi connectivity index (χ0n) is 10.8. The van der Waals surface area contributed by atoms with Crippen molar-refractivity contribution in [2.45, 2.75) is 26.3 Å². The minimum absolute atomic E-state index is 0.0380. The van der Waals surface area contributed by atoms with Gasteiger partial charge in [-0.05, 0) is 30.5 Å². The van der Waals surface area contributed by atoms with Crippen LogP contribution >= 0.6 is 0 Å². The maximum atomic E-state index is 11.2. The lowest BCUT2D eigenvalue weighted by Crippen LogP contribution is -2.48. The molecule has 0 bridgehead atoms. The topological polar surface area (TPSA) is 79.2 Å². The molecule has 2 atom stereocenters. The molecule has 0 aliphatic carbocycles. The second-order valence-corrected chi connectivity index (χ2v) is 4.73. The highest BCUT2D eigenvalue weighted by atomic mass is 16.2. The average molecular weight is 248 g/mol. The van der Waals surface area contributed by atoms with E-state index in [4.69, 9.17) is 5.73 Å². The summed E-state index contributed by atoms with van der Waals surface area (Å²) < 4.78 is 0. The number of hydrogen-bond acceptors (Lipinski definition) is 4. The summed E-state index contributed by atoms with van der Waals surface area (Å²) in [6.07, 6.45) is 0.534. The van der Waals surface area contributed by atoms with E-state index < -0.39 is 0 Å². The molecule has 0 spiro atoms. The molecule has 1 aliphatic heterocycles. The third-order valence-corrected chi connectivity index (χ3v) is 3.25. The van der Waals surface area contributed by atoms with Crippen LogP contribution < -0.4 is 21.9 Å². The Bertz CT molecular complexity index is 447.